The third-order valence-electron chi connectivity index (χ3n) is 3.98. The first kappa shape index (κ1) is 11.7. The number of fused-ring (bicyclic) bond motifs is 6. The molecule has 2 aromatic heterocycles. The van der Waals surface area contributed by atoms with Gasteiger partial charge in [-0.25, -0.2) is 9.55 Å². The first-order chi connectivity index (χ1) is 10.2. The van der Waals surface area contributed by atoms with Crippen LogP contribution in [0.5, 0.6) is 0 Å². The van der Waals surface area contributed by atoms with Gasteiger partial charge < -0.3 is 0 Å². The van der Waals surface area contributed by atoms with Gasteiger partial charge in [-0.2, -0.15) is 0 Å². The SMILES string of the molecule is O=C1CSc2nc3sc4c(c3c(=O)n21)-c1ccccc1C4. The summed E-state index contributed by atoms with van der Waals surface area (Å²) in [6, 6.07) is 8.13. The van der Waals surface area contributed by atoms with Crippen molar-refractivity contribution >= 4 is 39.2 Å². The van der Waals surface area contributed by atoms with E-state index in [1.54, 1.807) is 11.3 Å². The highest BCUT2D eigenvalue weighted by atomic mass is 32.2. The topological polar surface area (TPSA) is 52.0 Å². The molecule has 3 aromatic rings. The smallest absolute Gasteiger partial charge is 0.270 e. The van der Waals surface area contributed by atoms with Crippen molar-refractivity contribution in [3.63, 3.8) is 0 Å². The zero-order valence-electron chi connectivity index (χ0n) is 10.8. The van der Waals surface area contributed by atoms with Crippen molar-refractivity contribution in [2.45, 2.75) is 11.6 Å². The van der Waals surface area contributed by atoms with Crippen molar-refractivity contribution in [3.05, 3.63) is 45.1 Å². The maximum absolute atomic E-state index is 12.8. The van der Waals surface area contributed by atoms with Crippen LogP contribution in [0.4, 0.5) is 0 Å². The number of aromatic nitrogens is 2. The number of thiophene rings is 1. The summed E-state index contributed by atoms with van der Waals surface area (Å²) in [6.07, 6.45) is 0.850. The van der Waals surface area contributed by atoms with E-state index in [9.17, 15) is 9.59 Å². The van der Waals surface area contributed by atoms with Crippen LogP contribution in [-0.2, 0) is 6.42 Å². The quantitative estimate of drug-likeness (QED) is 0.469. The van der Waals surface area contributed by atoms with E-state index in [4.69, 9.17) is 0 Å². The Bertz CT molecular complexity index is 1020. The zero-order valence-corrected chi connectivity index (χ0v) is 12.4. The highest BCUT2D eigenvalue weighted by Crippen LogP contribution is 2.45. The zero-order chi connectivity index (χ0) is 14.1. The van der Waals surface area contributed by atoms with Gasteiger partial charge in [0.1, 0.15) is 4.83 Å². The minimum Gasteiger partial charge on any atom is -0.273 e. The first-order valence-corrected chi connectivity index (χ1v) is 8.37. The minimum atomic E-state index is -0.209. The molecule has 0 spiro atoms. The molecule has 21 heavy (non-hydrogen) atoms. The molecule has 0 fully saturated rings. The molecule has 3 heterocycles. The van der Waals surface area contributed by atoms with Gasteiger partial charge >= 0.3 is 0 Å². The molecule has 6 heteroatoms. The van der Waals surface area contributed by atoms with Gasteiger partial charge in [0.05, 0.1) is 11.1 Å². The molecule has 1 aliphatic carbocycles. The molecule has 0 bridgehead atoms. The van der Waals surface area contributed by atoms with Gasteiger partial charge in [0.15, 0.2) is 5.16 Å². The Morgan fingerprint density at radius 2 is 2.05 bits per heavy atom. The molecule has 4 nitrogen and oxygen atoms in total. The van der Waals surface area contributed by atoms with Crippen molar-refractivity contribution in [1.29, 1.82) is 0 Å². The molecule has 5 rings (SSSR count). The molecular weight excluding hydrogens is 304 g/mol. The van der Waals surface area contributed by atoms with Crippen LogP contribution >= 0.6 is 23.1 Å². The van der Waals surface area contributed by atoms with Gasteiger partial charge in [-0.15, -0.1) is 11.3 Å². The Kier molecular flexibility index (Phi) is 2.14. The second-order valence-electron chi connectivity index (χ2n) is 5.13. The minimum absolute atomic E-state index is 0.166. The number of hydrogen-bond donors (Lipinski definition) is 0. The van der Waals surface area contributed by atoms with Gasteiger partial charge in [-0.3, -0.25) is 9.59 Å². The fourth-order valence-corrected chi connectivity index (χ4v) is 5.19. The van der Waals surface area contributed by atoms with E-state index in [0.29, 0.717) is 16.3 Å². The van der Waals surface area contributed by atoms with Crippen LogP contribution in [0.25, 0.3) is 21.3 Å². The van der Waals surface area contributed by atoms with Crippen LogP contribution in [-0.4, -0.2) is 21.2 Å². The number of carbonyl (C=O) groups excluding carboxylic acids is 1. The molecule has 0 atom stereocenters. The molecule has 0 saturated carbocycles. The average Bonchev–Trinajstić information content (AvgIpc) is 3.10. The number of hydrogen-bond acceptors (Lipinski definition) is 5. The van der Waals surface area contributed by atoms with E-state index < -0.39 is 0 Å². The van der Waals surface area contributed by atoms with E-state index in [-0.39, 0.29) is 11.5 Å². The summed E-state index contributed by atoms with van der Waals surface area (Å²) in [5.41, 5.74) is 3.13. The highest BCUT2D eigenvalue weighted by molar-refractivity contribution is 8.00. The standard InChI is InChI=1S/C15H8N2O2S2/c18-10-6-20-15-16-13-12(14(19)17(10)15)11-8-4-2-1-3-7(8)5-9(11)21-13/h1-4H,5-6H2. The molecule has 0 saturated heterocycles. The highest BCUT2D eigenvalue weighted by Gasteiger charge is 2.30. The van der Waals surface area contributed by atoms with Gasteiger partial charge in [-0.05, 0) is 11.1 Å². The third-order valence-corrected chi connectivity index (χ3v) is 5.99. The van der Waals surface area contributed by atoms with Crippen LogP contribution in [0.15, 0.2) is 34.2 Å². The van der Waals surface area contributed by atoms with Crippen LogP contribution in [0.3, 0.4) is 0 Å². The van der Waals surface area contributed by atoms with Crippen LogP contribution < -0.4 is 5.56 Å². The summed E-state index contributed by atoms with van der Waals surface area (Å²) in [7, 11) is 0. The lowest BCUT2D eigenvalue weighted by Crippen LogP contribution is -2.25. The van der Waals surface area contributed by atoms with Gasteiger partial charge in [0.2, 0.25) is 5.91 Å². The summed E-state index contributed by atoms with van der Waals surface area (Å²) >= 11 is 2.92. The predicted octanol–water partition coefficient (Wildman–Crippen LogP) is 2.78. The van der Waals surface area contributed by atoms with Gasteiger partial charge in [0, 0.05) is 16.9 Å². The van der Waals surface area contributed by atoms with Crippen molar-refractivity contribution in [1.82, 2.24) is 9.55 Å². The van der Waals surface area contributed by atoms with Crippen LogP contribution in [0.1, 0.15) is 15.2 Å². The summed E-state index contributed by atoms with van der Waals surface area (Å²) in [6.45, 7) is 0. The summed E-state index contributed by atoms with van der Waals surface area (Å²) in [5, 5.41) is 1.14. The lowest BCUT2D eigenvalue weighted by Gasteiger charge is -2.02. The lowest BCUT2D eigenvalue weighted by molar-refractivity contribution is 0.0934. The van der Waals surface area contributed by atoms with Crippen molar-refractivity contribution in [2.75, 3.05) is 5.75 Å². The Morgan fingerprint density at radius 1 is 1.19 bits per heavy atom. The third kappa shape index (κ3) is 1.39. The fraction of sp³-hybridized carbons (Fsp3) is 0.133. The second kappa shape index (κ2) is 3.84. The van der Waals surface area contributed by atoms with Crippen molar-refractivity contribution in [3.8, 4) is 11.1 Å². The van der Waals surface area contributed by atoms with E-state index >= 15 is 0 Å². The molecular formula is C15H8N2O2S2. The molecule has 1 aliphatic heterocycles. The van der Waals surface area contributed by atoms with Gasteiger partial charge in [0.25, 0.3) is 5.56 Å². The average molecular weight is 312 g/mol. The Labute approximate surface area is 127 Å². The predicted molar refractivity (Wildman–Crippen MR) is 83.5 cm³/mol. The van der Waals surface area contributed by atoms with Crippen molar-refractivity contribution < 1.29 is 4.79 Å². The Balaban J connectivity index is 1.95. The maximum Gasteiger partial charge on any atom is 0.270 e. The van der Waals surface area contributed by atoms with Crippen LogP contribution in [0, 0.1) is 0 Å². The lowest BCUT2D eigenvalue weighted by atomic mass is 10.1. The number of carbonyl (C=O) groups is 1. The number of thioether (sulfide) groups is 1. The van der Waals surface area contributed by atoms with Gasteiger partial charge in [-0.1, -0.05) is 36.0 Å². The molecule has 2 aliphatic rings. The van der Waals surface area contributed by atoms with E-state index in [0.717, 1.165) is 22.4 Å². The van der Waals surface area contributed by atoms with E-state index in [1.807, 2.05) is 18.2 Å². The fourth-order valence-electron chi connectivity index (χ4n) is 3.09. The Hall–Kier alpha value is -1.92. The number of benzene rings is 1. The molecule has 0 unspecified atom stereocenters. The summed E-state index contributed by atoms with van der Waals surface area (Å²) in [4.78, 5) is 31.1. The number of rotatable bonds is 0. The molecule has 0 radical (unpaired) electrons. The monoisotopic (exact) mass is 312 g/mol. The molecule has 0 N–H and O–H groups in total. The van der Waals surface area contributed by atoms with E-state index in [1.165, 1.54) is 26.8 Å². The molecule has 102 valence electrons. The first-order valence-electron chi connectivity index (χ1n) is 6.57. The Morgan fingerprint density at radius 3 is 2.95 bits per heavy atom. The molecule has 1 aromatic carbocycles. The normalized spacial score (nSPS) is 15.3. The number of nitrogens with zero attached hydrogens (tertiary/aromatic N) is 2. The maximum atomic E-state index is 12.8. The van der Waals surface area contributed by atoms with Crippen molar-refractivity contribution in [2.24, 2.45) is 0 Å². The van der Waals surface area contributed by atoms with Crippen LogP contribution in [0.2, 0.25) is 0 Å². The second-order valence-corrected chi connectivity index (χ2v) is 7.16. The summed E-state index contributed by atoms with van der Waals surface area (Å²) in [5.74, 6) is 0.138. The largest absolute Gasteiger partial charge is 0.273 e. The van der Waals surface area contributed by atoms with E-state index in [2.05, 4.69) is 11.1 Å². The summed E-state index contributed by atoms with van der Waals surface area (Å²) < 4.78 is 1.24. The molecule has 0 amide bonds.